The molecule has 0 heterocycles. The van der Waals surface area contributed by atoms with Crippen molar-refractivity contribution in [2.75, 3.05) is 40.9 Å². The lowest BCUT2D eigenvalue weighted by atomic mass is 10.0. The molecule has 3 unspecified atom stereocenters. The van der Waals surface area contributed by atoms with Gasteiger partial charge in [0.2, 0.25) is 5.91 Å². The van der Waals surface area contributed by atoms with E-state index in [0.29, 0.717) is 17.4 Å². The number of phosphoric acid groups is 1. The molecule has 0 saturated heterocycles. The summed E-state index contributed by atoms with van der Waals surface area (Å²) < 4.78 is 23.1. The molecule has 0 aromatic rings. The predicted octanol–water partition coefficient (Wildman–Crippen LogP) is 13.2. The zero-order valence-corrected chi connectivity index (χ0v) is 39.8. The maximum Gasteiger partial charge on any atom is 0.268 e. The van der Waals surface area contributed by atoms with Gasteiger partial charge in [-0.25, -0.2) is 0 Å². The van der Waals surface area contributed by atoms with Crippen LogP contribution in [0.5, 0.6) is 0 Å². The average molecular weight is 849 g/mol. The van der Waals surface area contributed by atoms with E-state index in [9.17, 15) is 19.4 Å². The topological polar surface area (TPSA) is 108 Å². The zero-order chi connectivity index (χ0) is 43.6. The summed E-state index contributed by atoms with van der Waals surface area (Å²) in [5, 5.41) is 13.6. The molecule has 9 heteroatoms. The van der Waals surface area contributed by atoms with E-state index in [4.69, 9.17) is 9.05 Å². The predicted molar refractivity (Wildman–Crippen MR) is 251 cm³/mol. The van der Waals surface area contributed by atoms with E-state index >= 15 is 0 Å². The third-order valence-corrected chi connectivity index (χ3v) is 11.4. The van der Waals surface area contributed by atoms with Gasteiger partial charge in [-0.3, -0.25) is 9.36 Å². The fourth-order valence-corrected chi connectivity index (χ4v) is 7.40. The Morgan fingerprint density at radius 2 is 1.03 bits per heavy atom. The minimum Gasteiger partial charge on any atom is -0.756 e. The Kier molecular flexibility index (Phi) is 40.3. The minimum absolute atomic E-state index is 0.00236. The maximum atomic E-state index is 12.8. The number of carbonyl (C=O) groups is 1. The number of phosphoric ester groups is 1. The minimum atomic E-state index is -4.58. The van der Waals surface area contributed by atoms with Crippen molar-refractivity contribution in [1.29, 1.82) is 0 Å². The third kappa shape index (κ3) is 44.1. The molecule has 1 amide bonds. The number of nitrogens with one attached hydrogen (secondary N) is 1. The van der Waals surface area contributed by atoms with E-state index in [-0.39, 0.29) is 19.1 Å². The average Bonchev–Trinajstić information content (AvgIpc) is 3.19. The highest BCUT2D eigenvalue weighted by Crippen LogP contribution is 2.38. The van der Waals surface area contributed by atoms with Gasteiger partial charge in [-0.05, 0) is 57.8 Å². The fourth-order valence-electron chi connectivity index (χ4n) is 6.67. The summed E-state index contributed by atoms with van der Waals surface area (Å²) in [6.07, 6.45) is 54.7. The molecule has 0 aliphatic heterocycles. The van der Waals surface area contributed by atoms with Gasteiger partial charge in [-0.15, -0.1) is 0 Å². The molecule has 0 aromatic heterocycles. The lowest BCUT2D eigenvalue weighted by molar-refractivity contribution is -0.870. The van der Waals surface area contributed by atoms with Crippen molar-refractivity contribution in [3.05, 3.63) is 60.8 Å². The van der Waals surface area contributed by atoms with Crippen molar-refractivity contribution < 1.29 is 32.9 Å². The van der Waals surface area contributed by atoms with Crippen molar-refractivity contribution in [3.8, 4) is 0 Å². The van der Waals surface area contributed by atoms with Gasteiger partial charge in [0, 0.05) is 6.42 Å². The van der Waals surface area contributed by atoms with E-state index in [1.807, 2.05) is 27.2 Å². The second-order valence-electron chi connectivity index (χ2n) is 17.4. The van der Waals surface area contributed by atoms with Crippen LogP contribution in [0.4, 0.5) is 0 Å². The molecular formula is C50H93N2O6P. The highest BCUT2D eigenvalue weighted by molar-refractivity contribution is 7.45. The molecule has 8 nitrogen and oxygen atoms in total. The number of aliphatic hydroxyl groups excluding tert-OH is 1. The first kappa shape index (κ1) is 57.2. The quantitative estimate of drug-likeness (QED) is 0.0274. The van der Waals surface area contributed by atoms with Gasteiger partial charge in [0.1, 0.15) is 13.2 Å². The number of nitrogens with zero attached hydrogens (tertiary/aromatic N) is 1. The summed E-state index contributed by atoms with van der Waals surface area (Å²) in [5.41, 5.74) is 0. The molecule has 3 atom stereocenters. The van der Waals surface area contributed by atoms with Crippen LogP contribution in [0.3, 0.4) is 0 Å². The van der Waals surface area contributed by atoms with Crippen LogP contribution in [0.1, 0.15) is 200 Å². The number of allylic oxidation sites excluding steroid dienone is 9. The summed E-state index contributed by atoms with van der Waals surface area (Å²) in [4.78, 5) is 25.2. The lowest BCUT2D eigenvalue weighted by Gasteiger charge is -2.29. The number of aliphatic hydroxyl groups is 1. The number of hydrogen-bond donors (Lipinski definition) is 2. The summed E-state index contributed by atoms with van der Waals surface area (Å²) in [7, 11) is 1.25. The van der Waals surface area contributed by atoms with Crippen LogP contribution in [-0.2, 0) is 18.4 Å². The molecule has 0 bridgehead atoms. The lowest BCUT2D eigenvalue weighted by Crippen LogP contribution is -2.45. The second-order valence-corrected chi connectivity index (χ2v) is 18.8. The first-order valence-corrected chi connectivity index (χ1v) is 25.6. The number of amides is 1. The Morgan fingerprint density at radius 1 is 0.610 bits per heavy atom. The molecule has 0 aromatic carbocycles. The van der Waals surface area contributed by atoms with Crippen LogP contribution in [0.25, 0.3) is 0 Å². The maximum absolute atomic E-state index is 12.8. The summed E-state index contributed by atoms with van der Waals surface area (Å²) in [6.45, 7) is 4.44. The molecule has 0 radical (unpaired) electrons. The highest BCUT2D eigenvalue weighted by atomic mass is 31.2. The molecule has 59 heavy (non-hydrogen) atoms. The number of rotatable bonds is 43. The number of unbranched alkanes of at least 4 members (excludes halogenated alkanes) is 22. The van der Waals surface area contributed by atoms with Crippen molar-refractivity contribution in [2.24, 2.45) is 0 Å². The van der Waals surface area contributed by atoms with Gasteiger partial charge in [0.15, 0.2) is 0 Å². The zero-order valence-electron chi connectivity index (χ0n) is 38.9. The molecule has 0 rings (SSSR count). The van der Waals surface area contributed by atoms with Crippen molar-refractivity contribution in [2.45, 2.75) is 212 Å². The van der Waals surface area contributed by atoms with E-state index in [2.05, 4.69) is 67.8 Å². The van der Waals surface area contributed by atoms with Gasteiger partial charge in [-0.2, -0.15) is 0 Å². The van der Waals surface area contributed by atoms with E-state index in [0.717, 1.165) is 70.6 Å². The van der Waals surface area contributed by atoms with Crippen LogP contribution in [0, 0.1) is 0 Å². The Bertz CT molecular complexity index is 1140. The second kappa shape index (κ2) is 41.5. The molecule has 0 aliphatic carbocycles. The first-order chi connectivity index (χ1) is 28.5. The molecule has 0 fully saturated rings. The van der Waals surface area contributed by atoms with Gasteiger partial charge >= 0.3 is 0 Å². The first-order valence-electron chi connectivity index (χ1n) is 24.2. The SMILES string of the molecule is CC/C=C\C/C=C\C/C=C\C/C=C\CCCCCCCCCCCCCCCCCCCCC(=O)NC(COP(=O)([O-])OCC[N+](C)(C)C)C(O)/C=C/CCCCCC. The molecule has 0 aliphatic rings. The van der Waals surface area contributed by atoms with E-state index in [1.54, 1.807) is 6.08 Å². The van der Waals surface area contributed by atoms with E-state index < -0.39 is 20.0 Å². The Balaban J connectivity index is 3.90. The molecule has 344 valence electrons. The van der Waals surface area contributed by atoms with Crippen molar-refractivity contribution >= 4 is 13.7 Å². The van der Waals surface area contributed by atoms with Crippen LogP contribution in [0.2, 0.25) is 0 Å². The normalized spacial score (nSPS) is 14.8. The third-order valence-electron chi connectivity index (χ3n) is 10.5. The number of carbonyl (C=O) groups excluding carboxylic acids is 1. The summed E-state index contributed by atoms with van der Waals surface area (Å²) >= 11 is 0. The van der Waals surface area contributed by atoms with Gasteiger partial charge in [0.05, 0.1) is 39.9 Å². The number of likely N-dealkylation sites (N-methyl/N-ethyl adjacent to an activating group) is 1. The van der Waals surface area contributed by atoms with Crippen LogP contribution < -0.4 is 10.2 Å². The van der Waals surface area contributed by atoms with Gasteiger partial charge in [-0.1, -0.05) is 197 Å². The molecular weight excluding hydrogens is 756 g/mol. The fraction of sp³-hybridized carbons (Fsp3) is 0.780. The van der Waals surface area contributed by atoms with E-state index in [1.165, 1.54) is 109 Å². The summed E-state index contributed by atoms with van der Waals surface area (Å²) in [5.74, 6) is -0.204. The number of hydrogen-bond acceptors (Lipinski definition) is 6. The summed E-state index contributed by atoms with van der Waals surface area (Å²) in [6, 6.07) is -0.883. The van der Waals surface area contributed by atoms with Gasteiger partial charge < -0.3 is 28.8 Å². The Morgan fingerprint density at radius 3 is 1.51 bits per heavy atom. The monoisotopic (exact) mass is 849 g/mol. The number of quaternary nitrogens is 1. The molecule has 0 saturated carbocycles. The highest BCUT2D eigenvalue weighted by Gasteiger charge is 2.23. The van der Waals surface area contributed by atoms with Crippen LogP contribution >= 0.6 is 7.82 Å². The Labute approximate surface area is 364 Å². The smallest absolute Gasteiger partial charge is 0.268 e. The standard InChI is InChI=1S/C50H93N2O6P/c1-6-8-10-12-14-15-16-17-18-19-20-21-22-23-24-25-26-27-28-29-30-31-32-33-34-35-36-37-38-40-42-44-50(54)51-48(49(53)43-41-39-13-11-9-7-2)47-58-59(55,56)57-46-45-52(3,4)5/h8,10,14-15,17-18,20-21,41,43,48-49,53H,6-7,9,11-13,16,19,22-40,42,44-47H2,1-5H3,(H-,51,54,55,56)/b10-8-,15-14-,18-17-,21-20-,43-41+. The van der Waals surface area contributed by atoms with Crippen molar-refractivity contribution in [3.63, 3.8) is 0 Å². The van der Waals surface area contributed by atoms with Crippen molar-refractivity contribution in [1.82, 2.24) is 5.32 Å². The Hall–Kier alpha value is -1.80. The largest absolute Gasteiger partial charge is 0.756 e. The van der Waals surface area contributed by atoms with Gasteiger partial charge in [0.25, 0.3) is 7.82 Å². The van der Waals surface area contributed by atoms with Crippen LogP contribution in [-0.4, -0.2) is 68.5 Å². The molecule has 2 N–H and O–H groups in total. The van der Waals surface area contributed by atoms with Crippen LogP contribution in [0.15, 0.2) is 60.8 Å². The molecule has 0 spiro atoms.